The summed E-state index contributed by atoms with van der Waals surface area (Å²) in [5.74, 6) is -3.84. The van der Waals surface area contributed by atoms with E-state index in [9.17, 15) is 40.2 Å². The van der Waals surface area contributed by atoms with Crippen molar-refractivity contribution in [1.29, 1.82) is 0 Å². The largest absolute Gasteiger partial charge is 0.435 e. The van der Waals surface area contributed by atoms with E-state index in [4.69, 9.17) is 0 Å². The Kier molecular flexibility index (Phi) is 4.06. The third kappa shape index (κ3) is 3.09. The lowest BCUT2D eigenvalue weighted by molar-refractivity contribution is -0.235. The first kappa shape index (κ1) is 18.4. The molecule has 0 spiro atoms. The number of hydrogen-bond donors (Lipinski definition) is 1. The quantitative estimate of drug-likeness (QED) is 0.760. The lowest BCUT2D eigenvalue weighted by atomic mass is 10.0. The minimum Gasteiger partial charge on any atom is -0.382 e. The molecule has 0 unspecified atom stereocenters. The number of ether oxygens (including phenoxy) is 1. The van der Waals surface area contributed by atoms with Crippen molar-refractivity contribution in [1.82, 2.24) is 9.78 Å². The molecule has 1 aliphatic carbocycles. The van der Waals surface area contributed by atoms with Crippen LogP contribution >= 0.6 is 0 Å². The first-order chi connectivity index (χ1) is 11.3. The molecule has 3 atom stereocenters. The lowest BCUT2D eigenvalue weighted by Crippen LogP contribution is -2.39. The molecule has 0 saturated carbocycles. The number of hydrogen-bond acceptors (Lipinski definition) is 3. The fourth-order valence-electron chi connectivity index (χ4n) is 3.22. The summed E-state index contributed by atoms with van der Waals surface area (Å²) in [6, 6.07) is -1.19. The van der Waals surface area contributed by atoms with Crippen molar-refractivity contribution in [2.45, 2.75) is 55.8 Å². The molecule has 2 aliphatic rings. The second kappa shape index (κ2) is 5.53. The van der Waals surface area contributed by atoms with Crippen molar-refractivity contribution in [3.05, 3.63) is 17.0 Å². The fourth-order valence-corrected chi connectivity index (χ4v) is 3.22. The lowest BCUT2D eigenvalue weighted by Gasteiger charge is -2.31. The van der Waals surface area contributed by atoms with Gasteiger partial charge in [0.25, 0.3) is 5.92 Å². The molecule has 1 aromatic heterocycles. The van der Waals surface area contributed by atoms with Gasteiger partial charge < -0.3 is 9.84 Å². The van der Waals surface area contributed by atoms with Gasteiger partial charge in [-0.3, -0.25) is 4.68 Å². The molecule has 1 fully saturated rings. The van der Waals surface area contributed by atoms with E-state index in [-0.39, 0.29) is 6.42 Å². The van der Waals surface area contributed by atoms with Crippen molar-refractivity contribution in [3.63, 3.8) is 0 Å². The van der Waals surface area contributed by atoms with Crippen molar-refractivity contribution in [3.8, 4) is 0 Å². The topological polar surface area (TPSA) is 47.3 Å². The van der Waals surface area contributed by atoms with Crippen LogP contribution in [0, 0.1) is 0 Å². The Labute approximate surface area is 135 Å². The Morgan fingerprint density at radius 2 is 1.80 bits per heavy atom. The van der Waals surface area contributed by atoms with Crippen LogP contribution in [-0.2, 0) is 17.3 Å². The molecule has 142 valence electrons. The Morgan fingerprint density at radius 3 is 2.36 bits per heavy atom. The van der Waals surface area contributed by atoms with Gasteiger partial charge in [0.05, 0.1) is 18.2 Å². The van der Waals surface area contributed by atoms with E-state index in [1.165, 1.54) is 0 Å². The highest BCUT2D eigenvalue weighted by Crippen LogP contribution is 2.49. The van der Waals surface area contributed by atoms with Gasteiger partial charge in [-0.05, 0) is 6.42 Å². The molecule has 25 heavy (non-hydrogen) atoms. The summed E-state index contributed by atoms with van der Waals surface area (Å²) >= 11 is 0. The Bertz CT molecular complexity index is 666. The van der Waals surface area contributed by atoms with Crippen LogP contribution in [0.2, 0.25) is 0 Å². The van der Waals surface area contributed by atoms with Crippen LogP contribution in [-0.4, -0.2) is 39.7 Å². The number of nitrogens with zero attached hydrogens (tertiary/aromatic N) is 2. The average Bonchev–Trinajstić information content (AvgIpc) is 2.93. The van der Waals surface area contributed by atoms with E-state index >= 15 is 0 Å². The van der Waals surface area contributed by atoms with Crippen LogP contribution in [0.25, 0.3) is 0 Å². The van der Waals surface area contributed by atoms with Gasteiger partial charge in [0.15, 0.2) is 11.8 Å². The molecule has 0 amide bonds. The zero-order chi connectivity index (χ0) is 18.8. The first-order valence-electron chi connectivity index (χ1n) is 7.25. The zero-order valence-electron chi connectivity index (χ0n) is 12.3. The minimum atomic E-state index is -5.12. The highest BCUT2D eigenvalue weighted by Gasteiger charge is 2.55. The van der Waals surface area contributed by atoms with Crippen LogP contribution in [0.3, 0.4) is 0 Å². The van der Waals surface area contributed by atoms with E-state index in [1.54, 1.807) is 0 Å². The third-order valence-corrected chi connectivity index (χ3v) is 4.36. The predicted molar refractivity (Wildman–Crippen MR) is 64.9 cm³/mol. The summed E-state index contributed by atoms with van der Waals surface area (Å²) in [5, 5.41) is 12.8. The smallest absolute Gasteiger partial charge is 0.382 e. The van der Waals surface area contributed by atoms with Gasteiger partial charge in [0, 0.05) is 18.6 Å². The van der Waals surface area contributed by atoms with Gasteiger partial charge in [-0.1, -0.05) is 0 Å². The Morgan fingerprint density at radius 1 is 1.16 bits per heavy atom. The van der Waals surface area contributed by atoms with Crippen LogP contribution < -0.4 is 0 Å². The van der Waals surface area contributed by atoms with Gasteiger partial charge in [-0.15, -0.1) is 0 Å². The maximum absolute atomic E-state index is 13.7. The molecule has 0 bridgehead atoms. The molecule has 0 aromatic carbocycles. The molecule has 4 nitrogen and oxygen atoms in total. The summed E-state index contributed by atoms with van der Waals surface area (Å²) in [7, 11) is 0. The highest BCUT2D eigenvalue weighted by atomic mass is 19.4. The standard InChI is InChI=1S/C13H12F8N2O2/c14-11(15)4-6-8(10(11)24)9(13(19,20)21)22-23(6)5-1-2-25-7(3-5)12(16,17)18/h5,7,10,24H,1-4H2/t5-,7+,10-/m0/s1. The minimum absolute atomic E-state index is 0.111. The van der Waals surface area contributed by atoms with Gasteiger partial charge in [0.2, 0.25) is 0 Å². The molecular formula is C13H12F8N2O2. The fraction of sp³-hybridized carbons (Fsp3) is 0.769. The number of aliphatic hydroxyl groups excluding tert-OH is 1. The van der Waals surface area contributed by atoms with Gasteiger partial charge in [-0.2, -0.15) is 31.4 Å². The second-order valence-corrected chi connectivity index (χ2v) is 6.07. The molecule has 0 radical (unpaired) electrons. The molecule has 1 saturated heterocycles. The van der Waals surface area contributed by atoms with Crippen molar-refractivity contribution in [2.24, 2.45) is 0 Å². The van der Waals surface area contributed by atoms with Gasteiger partial charge >= 0.3 is 12.4 Å². The summed E-state index contributed by atoms with van der Waals surface area (Å²) in [4.78, 5) is 0. The summed E-state index contributed by atoms with van der Waals surface area (Å²) in [6.07, 6.45) is -16.8. The Hall–Kier alpha value is -1.43. The number of alkyl halides is 8. The average molecular weight is 380 g/mol. The molecule has 3 rings (SSSR count). The molecule has 1 aromatic rings. The van der Waals surface area contributed by atoms with E-state index in [0.717, 1.165) is 0 Å². The van der Waals surface area contributed by atoms with Crippen molar-refractivity contribution < 1.29 is 45.0 Å². The first-order valence-corrected chi connectivity index (χ1v) is 7.25. The number of aromatic nitrogens is 2. The van der Waals surface area contributed by atoms with E-state index in [2.05, 4.69) is 9.84 Å². The van der Waals surface area contributed by atoms with Gasteiger partial charge in [0.1, 0.15) is 6.10 Å². The summed E-state index contributed by atoms with van der Waals surface area (Å²) in [6.45, 7) is -0.399. The maximum atomic E-state index is 13.7. The van der Waals surface area contributed by atoms with Gasteiger partial charge in [-0.25, -0.2) is 8.78 Å². The number of aliphatic hydroxyl groups is 1. The SMILES string of the molecule is O[C@H]1c2c(C(F)(F)F)nn([C@H]3CCO[C@@H](C(F)(F)F)C3)c2CC1(F)F. The second-order valence-electron chi connectivity index (χ2n) is 6.07. The number of halogens is 8. The van der Waals surface area contributed by atoms with E-state index in [0.29, 0.717) is 4.68 Å². The van der Waals surface area contributed by atoms with Crippen LogP contribution in [0.4, 0.5) is 35.1 Å². The molecule has 1 N–H and O–H groups in total. The normalized spacial score (nSPS) is 29.7. The summed E-state index contributed by atoms with van der Waals surface area (Å²) < 4.78 is 110. The molecule has 1 aliphatic heterocycles. The molecule has 12 heteroatoms. The summed E-state index contributed by atoms with van der Waals surface area (Å²) in [5.41, 5.74) is -3.34. The highest BCUT2D eigenvalue weighted by molar-refractivity contribution is 5.38. The third-order valence-electron chi connectivity index (χ3n) is 4.36. The zero-order valence-corrected chi connectivity index (χ0v) is 12.3. The molecular weight excluding hydrogens is 368 g/mol. The monoisotopic (exact) mass is 380 g/mol. The van der Waals surface area contributed by atoms with Crippen molar-refractivity contribution >= 4 is 0 Å². The van der Waals surface area contributed by atoms with Crippen LogP contribution in [0.5, 0.6) is 0 Å². The van der Waals surface area contributed by atoms with Crippen LogP contribution in [0.15, 0.2) is 0 Å². The maximum Gasteiger partial charge on any atom is 0.435 e. The number of rotatable bonds is 1. The number of fused-ring (bicyclic) bond motifs is 1. The van der Waals surface area contributed by atoms with E-state index in [1.807, 2.05) is 0 Å². The van der Waals surface area contributed by atoms with Crippen LogP contribution in [0.1, 0.15) is 41.9 Å². The molecule has 2 heterocycles. The van der Waals surface area contributed by atoms with E-state index < -0.39 is 72.9 Å². The predicted octanol–water partition coefficient (Wildman–Crippen LogP) is 3.41. The van der Waals surface area contributed by atoms with Crippen molar-refractivity contribution in [2.75, 3.05) is 6.61 Å². The Balaban J connectivity index is 2.03.